The smallest absolute Gasteiger partial charge is 0.119 e. The van der Waals surface area contributed by atoms with Crippen LogP contribution in [0.5, 0.6) is 5.75 Å². The quantitative estimate of drug-likeness (QED) is 0.0811. The third-order valence-corrected chi connectivity index (χ3v) is 11.2. The van der Waals surface area contributed by atoms with Crippen molar-refractivity contribution >= 4 is 0 Å². The van der Waals surface area contributed by atoms with Gasteiger partial charge in [0.2, 0.25) is 0 Å². The average molecular weight is 811 g/mol. The highest BCUT2D eigenvalue weighted by Gasteiger charge is 2.49. The van der Waals surface area contributed by atoms with Gasteiger partial charge in [0.25, 0.3) is 0 Å². The molecule has 310 valence electrons. The molecule has 1 saturated heterocycles. The molecule has 0 radical (unpaired) electrons. The first-order valence-electron chi connectivity index (χ1n) is 21.2. The highest BCUT2D eigenvalue weighted by molar-refractivity contribution is 5.39. The highest BCUT2D eigenvalue weighted by atomic mass is 16.6. The normalized spacial score (nSPS) is 18.7. The van der Waals surface area contributed by atoms with Gasteiger partial charge in [-0.05, 0) is 75.5 Å². The maximum Gasteiger partial charge on any atom is 0.119 e. The summed E-state index contributed by atoms with van der Waals surface area (Å²) >= 11 is 0. The Kier molecular flexibility index (Phi) is 14.8. The summed E-state index contributed by atoms with van der Waals surface area (Å²) in [4.78, 5) is 0. The topological polar surface area (TPSA) is 55.4 Å². The van der Waals surface area contributed by atoms with Crippen molar-refractivity contribution in [2.45, 2.75) is 76.9 Å². The van der Waals surface area contributed by atoms with Gasteiger partial charge in [-0.2, -0.15) is 0 Å². The van der Waals surface area contributed by atoms with E-state index in [4.69, 9.17) is 28.4 Å². The summed E-state index contributed by atoms with van der Waals surface area (Å²) in [6.07, 6.45) is -1.75. The molecule has 0 aliphatic carbocycles. The van der Waals surface area contributed by atoms with Crippen LogP contribution in [0.15, 0.2) is 194 Å². The van der Waals surface area contributed by atoms with Crippen LogP contribution < -0.4 is 4.74 Å². The van der Waals surface area contributed by atoms with Crippen molar-refractivity contribution < 1.29 is 28.4 Å². The van der Waals surface area contributed by atoms with Crippen molar-refractivity contribution in [3.05, 3.63) is 244 Å². The van der Waals surface area contributed by atoms with Crippen molar-refractivity contribution in [2.75, 3.05) is 6.61 Å². The monoisotopic (exact) mass is 810 g/mol. The number of hydrogen-bond acceptors (Lipinski definition) is 6. The third kappa shape index (κ3) is 11.9. The van der Waals surface area contributed by atoms with Crippen LogP contribution >= 0.6 is 0 Å². The Balaban J connectivity index is 1.11. The molecule has 8 rings (SSSR count). The van der Waals surface area contributed by atoms with Gasteiger partial charge in [-0.25, -0.2) is 0 Å². The summed E-state index contributed by atoms with van der Waals surface area (Å²) in [5.74, 6) is 0.846. The number of ether oxygens (including phenoxy) is 6. The Morgan fingerprint density at radius 1 is 0.426 bits per heavy atom. The Hall–Kier alpha value is -5.86. The molecular weight excluding hydrogens is 757 g/mol. The molecule has 0 spiro atoms. The van der Waals surface area contributed by atoms with Crippen LogP contribution in [0.1, 0.15) is 56.2 Å². The van der Waals surface area contributed by atoms with E-state index in [1.54, 1.807) is 0 Å². The van der Waals surface area contributed by atoms with Gasteiger partial charge in [-0.1, -0.05) is 182 Å². The Bertz CT molecular complexity index is 2320. The summed E-state index contributed by atoms with van der Waals surface area (Å²) in [6, 6.07) is 66.3. The van der Waals surface area contributed by atoms with Crippen molar-refractivity contribution in [1.29, 1.82) is 0 Å². The minimum Gasteiger partial charge on any atom is -0.489 e. The van der Waals surface area contributed by atoms with E-state index in [0.717, 1.165) is 45.6 Å². The van der Waals surface area contributed by atoms with Crippen LogP contribution in [0.3, 0.4) is 0 Å². The summed E-state index contributed by atoms with van der Waals surface area (Å²) in [7, 11) is 0. The first kappa shape index (κ1) is 41.9. The molecular formula is C55H54O6. The molecule has 0 N–H and O–H groups in total. The van der Waals surface area contributed by atoms with Crippen molar-refractivity contribution in [2.24, 2.45) is 0 Å². The van der Waals surface area contributed by atoms with Gasteiger partial charge in [0, 0.05) is 0 Å². The molecule has 1 aliphatic rings. The molecule has 7 aromatic carbocycles. The van der Waals surface area contributed by atoms with Crippen molar-refractivity contribution in [3.63, 3.8) is 0 Å². The van der Waals surface area contributed by atoms with E-state index < -0.39 is 30.5 Å². The minimum atomic E-state index is -0.522. The summed E-state index contributed by atoms with van der Waals surface area (Å²) in [5, 5.41) is 0. The predicted molar refractivity (Wildman–Crippen MR) is 240 cm³/mol. The molecule has 0 unspecified atom stereocenters. The number of benzene rings is 7. The average Bonchev–Trinajstić information content (AvgIpc) is 3.32. The zero-order valence-electron chi connectivity index (χ0n) is 34.8. The van der Waals surface area contributed by atoms with E-state index in [9.17, 15) is 0 Å². The second-order valence-electron chi connectivity index (χ2n) is 15.7. The van der Waals surface area contributed by atoms with Crippen LogP contribution in [-0.4, -0.2) is 31.0 Å². The van der Waals surface area contributed by atoms with E-state index in [2.05, 4.69) is 110 Å². The molecule has 1 fully saturated rings. The molecule has 1 aliphatic heterocycles. The third-order valence-electron chi connectivity index (χ3n) is 11.2. The molecule has 0 aromatic heterocycles. The summed E-state index contributed by atoms with van der Waals surface area (Å²) in [5.41, 5.74) is 10.1. The molecule has 5 atom stereocenters. The van der Waals surface area contributed by atoms with Crippen LogP contribution in [-0.2, 0) is 63.1 Å². The van der Waals surface area contributed by atoms with Crippen LogP contribution in [0.2, 0.25) is 0 Å². The van der Waals surface area contributed by atoms with Crippen molar-refractivity contribution in [3.8, 4) is 5.75 Å². The Labute approximate surface area is 360 Å². The van der Waals surface area contributed by atoms with E-state index in [-0.39, 0.29) is 0 Å². The van der Waals surface area contributed by atoms with Crippen molar-refractivity contribution in [1.82, 2.24) is 0 Å². The molecule has 6 nitrogen and oxygen atoms in total. The molecule has 0 saturated carbocycles. The fourth-order valence-electron chi connectivity index (χ4n) is 7.78. The largest absolute Gasteiger partial charge is 0.489 e. The van der Waals surface area contributed by atoms with Crippen LogP contribution in [0.4, 0.5) is 0 Å². The molecule has 0 bridgehead atoms. The second kappa shape index (κ2) is 21.6. The fraction of sp³-hybridized carbons (Fsp3) is 0.236. The summed E-state index contributed by atoms with van der Waals surface area (Å²) < 4.78 is 40.8. The summed E-state index contributed by atoms with van der Waals surface area (Å²) in [6.45, 7) is 4.61. The van der Waals surface area contributed by atoms with Gasteiger partial charge in [0.1, 0.15) is 42.9 Å². The molecule has 61 heavy (non-hydrogen) atoms. The first-order chi connectivity index (χ1) is 30.1. The van der Waals surface area contributed by atoms with E-state index in [0.29, 0.717) is 39.6 Å². The SMILES string of the molecule is Cc1ccc([C@@H]2O[C@H](COCc3ccccc3)[C@@H](OCc3ccccc3)[C@H](OCc3ccccc3)[C@H]2OCc2ccccc2)cc1Cc1ccc(OCc2ccccc2)cc1. The lowest BCUT2D eigenvalue weighted by Crippen LogP contribution is -2.58. The first-order valence-corrected chi connectivity index (χ1v) is 21.2. The lowest BCUT2D eigenvalue weighted by molar-refractivity contribution is -0.275. The number of aryl methyl sites for hydroxylation is 1. The van der Waals surface area contributed by atoms with Gasteiger partial charge >= 0.3 is 0 Å². The van der Waals surface area contributed by atoms with E-state index in [1.165, 1.54) is 16.7 Å². The standard InChI is InChI=1S/C55H54O6/c1-41-27-30-48(34-49(41)33-42-28-31-50(32-29-42)57-36-44-19-9-3-10-20-44)52-54(59-38-46-23-13-5-14-24-46)55(60-39-47-25-15-6-16-26-47)53(58-37-45-21-11-4-12-22-45)51(61-52)40-56-35-43-17-7-2-8-18-43/h2-32,34,51-55H,33,35-40H2,1H3/t51-,52+,53-,54+,55+/m1/s1. The highest BCUT2D eigenvalue weighted by Crippen LogP contribution is 2.39. The van der Waals surface area contributed by atoms with Crippen LogP contribution in [0.25, 0.3) is 0 Å². The Morgan fingerprint density at radius 3 is 1.41 bits per heavy atom. The van der Waals surface area contributed by atoms with Gasteiger partial charge in [0.05, 0.1) is 33.0 Å². The second-order valence-corrected chi connectivity index (χ2v) is 15.7. The van der Waals surface area contributed by atoms with Crippen LogP contribution in [0, 0.1) is 6.92 Å². The zero-order valence-corrected chi connectivity index (χ0v) is 34.8. The maximum absolute atomic E-state index is 7.25. The lowest BCUT2D eigenvalue weighted by atomic mass is 9.88. The Morgan fingerprint density at radius 2 is 0.885 bits per heavy atom. The number of hydrogen-bond donors (Lipinski definition) is 0. The molecule has 7 aromatic rings. The van der Waals surface area contributed by atoms with E-state index in [1.807, 2.05) is 91.0 Å². The molecule has 1 heterocycles. The molecule has 6 heteroatoms. The van der Waals surface area contributed by atoms with Gasteiger partial charge in [-0.15, -0.1) is 0 Å². The fourth-order valence-corrected chi connectivity index (χ4v) is 7.78. The van der Waals surface area contributed by atoms with Gasteiger partial charge < -0.3 is 28.4 Å². The van der Waals surface area contributed by atoms with Gasteiger partial charge in [-0.3, -0.25) is 0 Å². The number of rotatable bonds is 19. The predicted octanol–water partition coefficient (Wildman–Crippen LogP) is 11.6. The van der Waals surface area contributed by atoms with Gasteiger partial charge in [0.15, 0.2) is 0 Å². The van der Waals surface area contributed by atoms with E-state index >= 15 is 0 Å². The molecule has 0 amide bonds. The lowest BCUT2D eigenvalue weighted by Gasteiger charge is -2.46. The zero-order chi connectivity index (χ0) is 41.5. The maximum atomic E-state index is 7.25. The minimum absolute atomic E-state index is 0.304.